The summed E-state index contributed by atoms with van der Waals surface area (Å²) in [4.78, 5) is 12.6. The summed E-state index contributed by atoms with van der Waals surface area (Å²) in [5.41, 5.74) is 2.45. The van der Waals surface area contributed by atoms with E-state index in [9.17, 15) is 0 Å². The van der Waals surface area contributed by atoms with Gasteiger partial charge < -0.3 is 10.1 Å². The van der Waals surface area contributed by atoms with Crippen molar-refractivity contribution < 1.29 is 4.74 Å². The molecule has 1 aliphatic rings. The number of hydrazine groups is 1. The van der Waals surface area contributed by atoms with Gasteiger partial charge >= 0.3 is 6.01 Å². The predicted octanol–water partition coefficient (Wildman–Crippen LogP) is 2.33. The highest BCUT2D eigenvalue weighted by atomic mass is 16.5. The molecule has 1 atom stereocenters. The molecule has 0 bridgehead atoms. The lowest BCUT2D eigenvalue weighted by molar-refractivity contribution is 0.222. The van der Waals surface area contributed by atoms with Crippen molar-refractivity contribution in [1.82, 2.24) is 15.0 Å². The first-order valence-electron chi connectivity index (χ1n) is 7.74. The first-order chi connectivity index (χ1) is 10.1. The van der Waals surface area contributed by atoms with Gasteiger partial charge in [0, 0.05) is 6.04 Å². The van der Waals surface area contributed by atoms with Crippen molar-refractivity contribution in [3.8, 4) is 6.01 Å². The summed E-state index contributed by atoms with van der Waals surface area (Å²) < 4.78 is 5.53. The molecular formula is C14H26N6O. The van der Waals surface area contributed by atoms with Crippen LogP contribution in [0.1, 0.15) is 52.9 Å². The van der Waals surface area contributed by atoms with E-state index in [4.69, 9.17) is 10.6 Å². The molecule has 0 aliphatic heterocycles. The summed E-state index contributed by atoms with van der Waals surface area (Å²) in [6.45, 7) is 6.03. The first kappa shape index (κ1) is 15.8. The number of nitrogens with two attached hydrogens (primary N) is 1. The van der Waals surface area contributed by atoms with Crippen molar-refractivity contribution in [3.05, 3.63) is 0 Å². The molecular weight excluding hydrogens is 268 g/mol. The number of anilines is 2. The van der Waals surface area contributed by atoms with Gasteiger partial charge in [-0.3, -0.25) is 5.43 Å². The Balaban J connectivity index is 2.06. The van der Waals surface area contributed by atoms with Crippen molar-refractivity contribution in [1.29, 1.82) is 0 Å². The van der Waals surface area contributed by atoms with Gasteiger partial charge in [-0.15, -0.1) is 0 Å². The monoisotopic (exact) mass is 294 g/mol. The number of nitrogens with zero attached hydrogens (tertiary/aromatic N) is 3. The molecule has 1 fully saturated rings. The molecule has 2 rings (SSSR count). The molecule has 0 saturated heterocycles. The van der Waals surface area contributed by atoms with Crippen LogP contribution in [-0.4, -0.2) is 27.1 Å². The van der Waals surface area contributed by atoms with Gasteiger partial charge in [0.05, 0.1) is 6.10 Å². The standard InChI is InChI=1S/C14H26N6O/c1-9(2)21-14-18-12(17-13(19-14)20-15)16-10(3)11-7-5-4-6-8-11/h9-11H,4-8,15H2,1-3H3,(H2,16,17,18,19,20). The Morgan fingerprint density at radius 2 is 1.71 bits per heavy atom. The second-order valence-corrected chi connectivity index (χ2v) is 5.91. The molecule has 21 heavy (non-hydrogen) atoms. The molecule has 1 saturated carbocycles. The molecule has 0 spiro atoms. The normalized spacial score (nSPS) is 17.6. The second-order valence-electron chi connectivity index (χ2n) is 5.91. The van der Waals surface area contributed by atoms with Crippen LogP contribution in [0.3, 0.4) is 0 Å². The van der Waals surface area contributed by atoms with Crippen molar-refractivity contribution in [2.45, 2.75) is 65.0 Å². The van der Waals surface area contributed by atoms with E-state index >= 15 is 0 Å². The second kappa shape index (κ2) is 7.40. The average molecular weight is 294 g/mol. The van der Waals surface area contributed by atoms with Crippen molar-refractivity contribution in [2.75, 3.05) is 10.7 Å². The molecule has 0 radical (unpaired) electrons. The summed E-state index contributed by atoms with van der Waals surface area (Å²) in [5.74, 6) is 6.88. The first-order valence-corrected chi connectivity index (χ1v) is 7.74. The van der Waals surface area contributed by atoms with Crippen LogP contribution < -0.4 is 21.3 Å². The van der Waals surface area contributed by atoms with Crippen molar-refractivity contribution in [2.24, 2.45) is 11.8 Å². The zero-order valence-electron chi connectivity index (χ0n) is 13.1. The van der Waals surface area contributed by atoms with E-state index in [1.165, 1.54) is 32.1 Å². The lowest BCUT2D eigenvalue weighted by Gasteiger charge is -2.28. The van der Waals surface area contributed by atoms with Gasteiger partial charge in [0.25, 0.3) is 0 Å². The van der Waals surface area contributed by atoms with Crippen molar-refractivity contribution >= 4 is 11.9 Å². The third-order valence-electron chi connectivity index (χ3n) is 3.80. The number of nitrogen functional groups attached to an aromatic ring is 1. The van der Waals surface area contributed by atoms with Crippen molar-refractivity contribution in [3.63, 3.8) is 0 Å². The Morgan fingerprint density at radius 1 is 1.05 bits per heavy atom. The maximum Gasteiger partial charge on any atom is 0.323 e. The van der Waals surface area contributed by atoms with Crippen LogP contribution in [0.15, 0.2) is 0 Å². The van der Waals surface area contributed by atoms with Crippen LogP contribution in [-0.2, 0) is 0 Å². The number of nitrogens with one attached hydrogen (secondary N) is 2. The Labute approximate surface area is 126 Å². The molecule has 1 unspecified atom stereocenters. The zero-order valence-corrected chi connectivity index (χ0v) is 13.1. The minimum atomic E-state index is 0.00152. The Kier molecular flexibility index (Phi) is 5.55. The van der Waals surface area contributed by atoms with Crippen LogP contribution in [0.4, 0.5) is 11.9 Å². The smallest absolute Gasteiger partial charge is 0.323 e. The van der Waals surface area contributed by atoms with E-state index in [2.05, 4.69) is 32.6 Å². The molecule has 1 aromatic heterocycles. The molecule has 1 heterocycles. The van der Waals surface area contributed by atoms with Gasteiger partial charge in [-0.05, 0) is 39.5 Å². The Morgan fingerprint density at radius 3 is 2.33 bits per heavy atom. The molecule has 7 nitrogen and oxygen atoms in total. The fourth-order valence-electron chi connectivity index (χ4n) is 2.70. The molecule has 0 amide bonds. The maximum absolute atomic E-state index is 5.53. The molecule has 7 heteroatoms. The summed E-state index contributed by atoms with van der Waals surface area (Å²) in [7, 11) is 0. The summed E-state index contributed by atoms with van der Waals surface area (Å²) >= 11 is 0. The van der Waals surface area contributed by atoms with Crippen LogP contribution in [0.25, 0.3) is 0 Å². The zero-order chi connectivity index (χ0) is 15.2. The molecule has 4 N–H and O–H groups in total. The van der Waals surface area contributed by atoms with Gasteiger partial charge in [-0.1, -0.05) is 19.3 Å². The third-order valence-corrected chi connectivity index (χ3v) is 3.80. The highest BCUT2D eigenvalue weighted by molar-refractivity contribution is 5.35. The van der Waals surface area contributed by atoms with E-state index in [0.717, 1.165) is 0 Å². The third kappa shape index (κ3) is 4.70. The van der Waals surface area contributed by atoms with Gasteiger partial charge in [0.15, 0.2) is 0 Å². The van der Waals surface area contributed by atoms with E-state index in [1.807, 2.05) is 13.8 Å². The average Bonchev–Trinajstić information content (AvgIpc) is 2.47. The highest BCUT2D eigenvalue weighted by Gasteiger charge is 2.21. The van der Waals surface area contributed by atoms with Gasteiger partial charge in [-0.2, -0.15) is 15.0 Å². The SMILES string of the molecule is CC(C)Oc1nc(NN)nc(NC(C)C2CCCCC2)n1. The van der Waals surface area contributed by atoms with E-state index < -0.39 is 0 Å². The van der Waals surface area contributed by atoms with E-state index in [-0.39, 0.29) is 12.1 Å². The fourth-order valence-corrected chi connectivity index (χ4v) is 2.70. The van der Waals surface area contributed by atoms with Crippen LogP contribution in [0, 0.1) is 5.92 Å². The van der Waals surface area contributed by atoms with Gasteiger partial charge in [-0.25, -0.2) is 5.84 Å². The number of ether oxygens (including phenoxy) is 1. The number of hydrogen-bond donors (Lipinski definition) is 3. The fraction of sp³-hybridized carbons (Fsp3) is 0.786. The lowest BCUT2D eigenvalue weighted by atomic mass is 9.85. The topological polar surface area (TPSA) is 98.0 Å². The highest BCUT2D eigenvalue weighted by Crippen LogP contribution is 2.27. The quantitative estimate of drug-likeness (QED) is 0.547. The Bertz CT molecular complexity index is 447. The molecule has 1 aromatic rings. The number of hydrogen-bond acceptors (Lipinski definition) is 7. The van der Waals surface area contributed by atoms with E-state index in [0.29, 0.717) is 23.9 Å². The van der Waals surface area contributed by atoms with Gasteiger partial charge in [0.2, 0.25) is 11.9 Å². The molecule has 0 aromatic carbocycles. The maximum atomic E-state index is 5.53. The minimum absolute atomic E-state index is 0.00152. The Hall–Kier alpha value is -1.63. The van der Waals surface area contributed by atoms with Crippen LogP contribution in [0.5, 0.6) is 6.01 Å². The summed E-state index contributed by atoms with van der Waals surface area (Å²) in [6, 6.07) is 0.608. The van der Waals surface area contributed by atoms with E-state index in [1.54, 1.807) is 0 Å². The van der Waals surface area contributed by atoms with Crippen LogP contribution in [0.2, 0.25) is 0 Å². The minimum Gasteiger partial charge on any atom is -0.461 e. The predicted molar refractivity (Wildman–Crippen MR) is 83.1 cm³/mol. The lowest BCUT2D eigenvalue weighted by Crippen LogP contribution is -2.29. The summed E-state index contributed by atoms with van der Waals surface area (Å²) in [6.07, 6.45) is 6.49. The van der Waals surface area contributed by atoms with Gasteiger partial charge in [0.1, 0.15) is 0 Å². The summed E-state index contributed by atoms with van der Waals surface area (Å²) in [5, 5.41) is 3.36. The number of aromatic nitrogens is 3. The van der Waals surface area contributed by atoms with Crippen LogP contribution >= 0.6 is 0 Å². The number of rotatable bonds is 6. The molecule has 1 aliphatic carbocycles. The largest absolute Gasteiger partial charge is 0.461 e. The molecule has 118 valence electrons.